The molecule has 29 heavy (non-hydrogen) atoms. The van der Waals surface area contributed by atoms with Gasteiger partial charge in [-0.2, -0.15) is 5.26 Å². The SMILES string of the molecule is CCCCCCOc1ccc(/C=C(\C#N)C(=O)Nc2ccc(OCC)cc2)cc1. The highest BCUT2D eigenvalue weighted by Gasteiger charge is 2.10. The molecule has 0 heterocycles. The maximum absolute atomic E-state index is 12.4. The van der Waals surface area contributed by atoms with Crippen molar-refractivity contribution in [2.45, 2.75) is 39.5 Å². The van der Waals surface area contributed by atoms with Crippen molar-refractivity contribution in [3.63, 3.8) is 0 Å². The number of nitrogens with zero attached hydrogens (tertiary/aromatic N) is 1. The maximum Gasteiger partial charge on any atom is 0.266 e. The molecule has 0 fully saturated rings. The molecule has 0 aliphatic carbocycles. The minimum Gasteiger partial charge on any atom is -0.494 e. The summed E-state index contributed by atoms with van der Waals surface area (Å²) in [6, 6.07) is 16.4. The number of anilines is 1. The topological polar surface area (TPSA) is 71.3 Å². The summed E-state index contributed by atoms with van der Waals surface area (Å²) in [6.07, 6.45) is 6.21. The summed E-state index contributed by atoms with van der Waals surface area (Å²) in [4.78, 5) is 12.4. The Labute approximate surface area is 173 Å². The molecular formula is C24H28N2O3. The maximum atomic E-state index is 12.4. The normalized spacial score (nSPS) is 10.9. The van der Waals surface area contributed by atoms with E-state index in [1.165, 1.54) is 19.3 Å². The standard InChI is InChI=1S/C24H28N2O3/c1-3-5-6-7-16-29-23-12-8-19(9-13-23)17-20(18-25)24(27)26-21-10-14-22(15-11-21)28-4-2/h8-15,17H,3-7,16H2,1-2H3,(H,26,27)/b20-17+. The highest BCUT2D eigenvalue weighted by Crippen LogP contribution is 2.18. The molecule has 5 nitrogen and oxygen atoms in total. The highest BCUT2D eigenvalue weighted by molar-refractivity contribution is 6.09. The third-order valence-corrected chi connectivity index (χ3v) is 4.25. The van der Waals surface area contributed by atoms with E-state index in [4.69, 9.17) is 9.47 Å². The molecule has 0 aliphatic heterocycles. The summed E-state index contributed by atoms with van der Waals surface area (Å²) in [5.74, 6) is 1.07. The van der Waals surface area contributed by atoms with Gasteiger partial charge < -0.3 is 14.8 Å². The molecule has 1 N–H and O–H groups in total. The number of rotatable bonds is 11. The van der Waals surface area contributed by atoms with Gasteiger partial charge in [0.15, 0.2) is 0 Å². The van der Waals surface area contributed by atoms with Crippen molar-refractivity contribution in [1.29, 1.82) is 5.26 Å². The van der Waals surface area contributed by atoms with Crippen molar-refractivity contribution < 1.29 is 14.3 Å². The van der Waals surface area contributed by atoms with Gasteiger partial charge in [0.25, 0.3) is 5.91 Å². The number of hydrogen-bond donors (Lipinski definition) is 1. The van der Waals surface area contributed by atoms with Crippen molar-refractivity contribution in [3.05, 3.63) is 59.7 Å². The number of benzene rings is 2. The van der Waals surface area contributed by atoms with Crippen LogP contribution >= 0.6 is 0 Å². The van der Waals surface area contributed by atoms with Gasteiger partial charge in [0.05, 0.1) is 13.2 Å². The van der Waals surface area contributed by atoms with Crippen molar-refractivity contribution in [2.75, 3.05) is 18.5 Å². The summed E-state index contributed by atoms with van der Waals surface area (Å²) in [5, 5.41) is 12.1. The first-order chi connectivity index (χ1) is 14.2. The number of unbranched alkanes of at least 4 members (excludes halogenated alkanes) is 3. The Bertz CT molecular complexity index is 834. The lowest BCUT2D eigenvalue weighted by Gasteiger charge is -2.07. The largest absolute Gasteiger partial charge is 0.494 e. The zero-order valence-corrected chi connectivity index (χ0v) is 17.1. The van der Waals surface area contributed by atoms with Gasteiger partial charge in [-0.15, -0.1) is 0 Å². The van der Waals surface area contributed by atoms with Crippen molar-refractivity contribution in [2.24, 2.45) is 0 Å². The quantitative estimate of drug-likeness (QED) is 0.307. The first kappa shape index (κ1) is 22.0. The molecule has 0 bridgehead atoms. The van der Waals surface area contributed by atoms with Gasteiger partial charge in [0.1, 0.15) is 23.1 Å². The predicted octanol–water partition coefficient (Wildman–Crippen LogP) is 5.59. The Morgan fingerprint density at radius 3 is 2.24 bits per heavy atom. The predicted molar refractivity (Wildman–Crippen MR) is 116 cm³/mol. The Hall–Kier alpha value is -3.26. The van der Waals surface area contributed by atoms with Gasteiger partial charge in [0.2, 0.25) is 0 Å². The van der Waals surface area contributed by atoms with E-state index >= 15 is 0 Å². The molecule has 2 rings (SSSR count). The zero-order chi connectivity index (χ0) is 20.9. The minimum absolute atomic E-state index is 0.0344. The van der Waals surface area contributed by atoms with Crippen LogP contribution in [0.1, 0.15) is 45.1 Å². The number of amides is 1. The van der Waals surface area contributed by atoms with Crippen LogP contribution in [0.2, 0.25) is 0 Å². The molecule has 0 saturated carbocycles. The number of hydrogen-bond acceptors (Lipinski definition) is 4. The van der Waals surface area contributed by atoms with Crippen molar-refractivity contribution >= 4 is 17.7 Å². The van der Waals surface area contributed by atoms with Gasteiger partial charge in [0, 0.05) is 5.69 Å². The molecule has 2 aromatic carbocycles. The second kappa shape index (κ2) is 12.2. The van der Waals surface area contributed by atoms with Crippen LogP contribution in [-0.4, -0.2) is 19.1 Å². The molecule has 1 amide bonds. The molecule has 5 heteroatoms. The number of carbonyl (C=O) groups excluding carboxylic acids is 1. The molecule has 0 unspecified atom stereocenters. The van der Waals surface area contributed by atoms with E-state index in [1.807, 2.05) is 37.3 Å². The van der Waals surface area contributed by atoms with Gasteiger partial charge in [-0.3, -0.25) is 4.79 Å². The Morgan fingerprint density at radius 2 is 1.62 bits per heavy atom. The van der Waals surface area contributed by atoms with E-state index in [2.05, 4.69) is 12.2 Å². The van der Waals surface area contributed by atoms with E-state index in [9.17, 15) is 10.1 Å². The van der Waals surface area contributed by atoms with Gasteiger partial charge in [-0.25, -0.2) is 0 Å². The van der Waals surface area contributed by atoms with Crippen LogP contribution in [0.25, 0.3) is 6.08 Å². The average molecular weight is 392 g/mol. The van der Waals surface area contributed by atoms with E-state index in [1.54, 1.807) is 30.3 Å². The summed E-state index contributed by atoms with van der Waals surface area (Å²) in [7, 11) is 0. The first-order valence-corrected chi connectivity index (χ1v) is 10.0. The van der Waals surface area contributed by atoms with E-state index in [-0.39, 0.29) is 5.57 Å². The van der Waals surface area contributed by atoms with Gasteiger partial charge >= 0.3 is 0 Å². The molecule has 0 aromatic heterocycles. The van der Waals surface area contributed by atoms with E-state index < -0.39 is 5.91 Å². The third-order valence-electron chi connectivity index (χ3n) is 4.25. The molecule has 0 saturated heterocycles. The highest BCUT2D eigenvalue weighted by atomic mass is 16.5. The second-order valence-electron chi connectivity index (χ2n) is 6.56. The summed E-state index contributed by atoms with van der Waals surface area (Å²) in [5.41, 5.74) is 1.40. The molecular weight excluding hydrogens is 364 g/mol. The fraction of sp³-hybridized carbons (Fsp3) is 0.333. The minimum atomic E-state index is -0.451. The van der Waals surface area contributed by atoms with Crippen LogP contribution in [0, 0.1) is 11.3 Å². The lowest BCUT2D eigenvalue weighted by Crippen LogP contribution is -2.13. The molecule has 2 aromatic rings. The van der Waals surface area contributed by atoms with Crippen molar-refractivity contribution in [3.8, 4) is 17.6 Å². The van der Waals surface area contributed by atoms with Gasteiger partial charge in [-0.05, 0) is 61.4 Å². The molecule has 0 atom stereocenters. The Kier molecular flexibility index (Phi) is 9.31. The smallest absolute Gasteiger partial charge is 0.266 e. The monoisotopic (exact) mass is 392 g/mol. The zero-order valence-electron chi connectivity index (χ0n) is 17.1. The molecule has 0 radical (unpaired) electrons. The van der Waals surface area contributed by atoms with Crippen LogP contribution in [0.5, 0.6) is 11.5 Å². The fourth-order valence-electron chi connectivity index (χ4n) is 2.69. The van der Waals surface area contributed by atoms with Crippen LogP contribution in [0.4, 0.5) is 5.69 Å². The average Bonchev–Trinajstić information content (AvgIpc) is 2.74. The van der Waals surface area contributed by atoms with Crippen LogP contribution in [0.3, 0.4) is 0 Å². The second-order valence-corrected chi connectivity index (χ2v) is 6.56. The van der Waals surface area contributed by atoms with Crippen LogP contribution in [0.15, 0.2) is 54.1 Å². The van der Waals surface area contributed by atoms with E-state index in [0.717, 1.165) is 23.5 Å². The number of carbonyl (C=O) groups is 1. The molecule has 0 aliphatic rings. The third kappa shape index (κ3) is 7.71. The number of ether oxygens (including phenoxy) is 2. The lowest BCUT2D eigenvalue weighted by molar-refractivity contribution is -0.112. The Balaban J connectivity index is 1.94. The fourth-order valence-corrected chi connectivity index (χ4v) is 2.69. The summed E-state index contributed by atoms with van der Waals surface area (Å²) < 4.78 is 11.1. The lowest BCUT2D eigenvalue weighted by atomic mass is 10.1. The Morgan fingerprint density at radius 1 is 0.966 bits per heavy atom. The van der Waals surface area contributed by atoms with Crippen molar-refractivity contribution in [1.82, 2.24) is 0 Å². The van der Waals surface area contributed by atoms with Gasteiger partial charge in [-0.1, -0.05) is 38.3 Å². The van der Waals surface area contributed by atoms with Crippen LogP contribution in [-0.2, 0) is 4.79 Å². The molecule has 152 valence electrons. The number of nitriles is 1. The summed E-state index contributed by atoms with van der Waals surface area (Å²) >= 11 is 0. The first-order valence-electron chi connectivity index (χ1n) is 10.0. The molecule has 0 spiro atoms. The number of nitrogens with one attached hydrogen (secondary N) is 1. The van der Waals surface area contributed by atoms with Crippen LogP contribution < -0.4 is 14.8 Å². The van der Waals surface area contributed by atoms with E-state index in [0.29, 0.717) is 18.9 Å². The summed E-state index contributed by atoms with van der Waals surface area (Å²) in [6.45, 7) is 5.37.